The summed E-state index contributed by atoms with van der Waals surface area (Å²) in [6, 6.07) is 3.83. The fraction of sp³-hybridized carbons (Fsp3) is 0.455. The topological polar surface area (TPSA) is 53.7 Å². The molecule has 1 unspecified atom stereocenters. The second-order valence-corrected chi connectivity index (χ2v) is 3.63. The number of nitrogens with two attached hydrogens (primary N) is 1. The van der Waals surface area contributed by atoms with Gasteiger partial charge >= 0.3 is 0 Å². The fourth-order valence-corrected chi connectivity index (χ4v) is 1.70. The molecule has 1 aromatic carbocycles. The zero-order valence-corrected chi connectivity index (χ0v) is 8.95. The number of ether oxygens (including phenoxy) is 3. The predicted octanol–water partition coefficient (Wildman–Crippen LogP) is 1.58. The Balaban J connectivity index is 2.42. The van der Waals surface area contributed by atoms with E-state index in [1.54, 1.807) is 7.11 Å². The second-order valence-electron chi connectivity index (χ2n) is 3.63. The van der Waals surface area contributed by atoms with Crippen molar-refractivity contribution in [2.75, 3.05) is 13.9 Å². The van der Waals surface area contributed by atoms with Gasteiger partial charge in [-0.25, -0.2) is 0 Å². The van der Waals surface area contributed by atoms with Gasteiger partial charge in [-0.3, -0.25) is 0 Å². The van der Waals surface area contributed by atoms with Crippen LogP contribution in [0.3, 0.4) is 0 Å². The van der Waals surface area contributed by atoms with Crippen molar-refractivity contribution >= 4 is 0 Å². The molecule has 1 aromatic rings. The van der Waals surface area contributed by atoms with Gasteiger partial charge < -0.3 is 19.9 Å². The predicted molar refractivity (Wildman–Crippen MR) is 55.9 cm³/mol. The lowest BCUT2D eigenvalue weighted by atomic mass is 10.0. The van der Waals surface area contributed by atoms with Gasteiger partial charge in [-0.15, -0.1) is 0 Å². The summed E-state index contributed by atoms with van der Waals surface area (Å²) in [6.45, 7) is 2.76. The standard InChI is InChI=1S/C11H15NO3/c1-7(12)9-4-11-10(14-6-15-11)3-8(9)5-13-2/h3-4,7H,5-6,12H2,1-2H3. The molecule has 4 nitrogen and oxygen atoms in total. The molecule has 0 bridgehead atoms. The van der Waals surface area contributed by atoms with Crippen LogP contribution in [0.2, 0.25) is 0 Å². The Hall–Kier alpha value is -1.26. The van der Waals surface area contributed by atoms with E-state index < -0.39 is 0 Å². The molecule has 0 spiro atoms. The van der Waals surface area contributed by atoms with E-state index in [0.717, 1.165) is 22.6 Å². The van der Waals surface area contributed by atoms with Gasteiger partial charge in [-0.05, 0) is 30.2 Å². The highest BCUT2D eigenvalue weighted by Gasteiger charge is 2.18. The van der Waals surface area contributed by atoms with Crippen LogP contribution >= 0.6 is 0 Å². The maximum absolute atomic E-state index is 5.89. The van der Waals surface area contributed by atoms with Gasteiger partial charge in [0.05, 0.1) is 6.61 Å². The molecular formula is C11H15NO3. The second kappa shape index (κ2) is 4.08. The van der Waals surface area contributed by atoms with Gasteiger partial charge in [0.25, 0.3) is 0 Å². The monoisotopic (exact) mass is 209 g/mol. The number of benzene rings is 1. The van der Waals surface area contributed by atoms with Crippen molar-refractivity contribution in [1.82, 2.24) is 0 Å². The van der Waals surface area contributed by atoms with Gasteiger partial charge in [0.15, 0.2) is 11.5 Å². The Morgan fingerprint density at radius 1 is 1.40 bits per heavy atom. The molecule has 1 aliphatic rings. The molecule has 0 aromatic heterocycles. The van der Waals surface area contributed by atoms with Crippen LogP contribution in [0.1, 0.15) is 24.1 Å². The summed E-state index contributed by atoms with van der Waals surface area (Å²) >= 11 is 0. The number of hydrogen-bond donors (Lipinski definition) is 1. The lowest BCUT2D eigenvalue weighted by Crippen LogP contribution is -2.08. The molecule has 1 heterocycles. The van der Waals surface area contributed by atoms with E-state index in [1.165, 1.54) is 0 Å². The molecule has 2 N–H and O–H groups in total. The van der Waals surface area contributed by atoms with Crippen molar-refractivity contribution in [3.63, 3.8) is 0 Å². The molecule has 0 fully saturated rings. The Labute approximate surface area is 88.9 Å². The molecule has 0 amide bonds. The van der Waals surface area contributed by atoms with Crippen LogP contribution in [-0.2, 0) is 11.3 Å². The van der Waals surface area contributed by atoms with E-state index in [4.69, 9.17) is 19.9 Å². The number of methoxy groups -OCH3 is 1. The minimum absolute atomic E-state index is 0.0374. The average Bonchev–Trinajstić information content (AvgIpc) is 2.63. The first-order valence-corrected chi connectivity index (χ1v) is 4.89. The molecule has 0 radical (unpaired) electrons. The van der Waals surface area contributed by atoms with Gasteiger partial charge in [0, 0.05) is 13.2 Å². The third-order valence-corrected chi connectivity index (χ3v) is 2.42. The molecule has 0 aliphatic carbocycles. The van der Waals surface area contributed by atoms with Crippen LogP contribution in [0.4, 0.5) is 0 Å². The summed E-state index contributed by atoms with van der Waals surface area (Å²) in [4.78, 5) is 0. The highest BCUT2D eigenvalue weighted by Crippen LogP contribution is 2.36. The van der Waals surface area contributed by atoms with E-state index in [0.29, 0.717) is 6.61 Å². The van der Waals surface area contributed by atoms with Crippen LogP contribution in [0.5, 0.6) is 11.5 Å². The Kier molecular flexibility index (Phi) is 2.79. The number of rotatable bonds is 3. The summed E-state index contributed by atoms with van der Waals surface area (Å²) in [5.74, 6) is 1.54. The maximum Gasteiger partial charge on any atom is 0.231 e. The Morgan fingerprint density at radius 3 is 2.67 bits per heavy atom. The molecule has 4 heteroatoms. The van der Waals surface area contributed by atoms with E-state index in [1.807, 2.05) is 19.1 Å². The third-order valence-electron chi connectivity index (χ3n) is 2.42. The summed E-state index contributed by atoms with van der Waals surface area (Å²) in [7, 11) is 1.66. The first-order valence-electron chi connectivity index (χ1n) is 4.89. The lowest BCUT2D eigenvalue weighted by molar-refractivity contribution is 0.173. The highest BCUT2D eigenvalue weighted by atomic mass is 16.7. The first kappa shape index (κ1) is 10.3. The molecule has 82 valence electrons. The number of fused-ring (bicyclic) bond motifs is 1. The molecule has 15 heavy (non-hydrogen) atoms. The fourth-order valence-electron chi connectivity index (χ4n) is 1.70. The molecular weight excluding hydrogens is 194 g/mol. The summed E-state index contributed by atoms with van der Waals surface area (Å²) in [5, 5.41) is 0. The minimum Gasteiger partial charge on any atom is -0.454 e. The van der Waals surface area contributed by atoms with Crippen molar-refractivity contribution in [2.45, 2.75) is 19.6 Å². The zero-order valence-electron chi connectivity index (χ0n) is 8.95. The van der Waals surface area contributed by atoms with Crippen molar-refractivity contribution in [2.24, 2.45) is 5.73 Å². The Morgan fingerprint density at radius 2 is 2.07 bits per heavy atom. The highest BCUT2D eigenvalue weighted by molar-refractivity contribution is 5.49. The molecule has 0 saturated carbocycles. The average molecular weight is 209 g/mol. The van der Waals surface area contributed by atoms with E-state index in [2.05, 4.69) is 0 Å². The van der Waals surface area contributed by atoms with Crippen molar-refractivity contribution < 1.29 is 14.2 Å². The molecule has 2 rings (SSSR count). The first-order chi connectivity index (χ1) is 7.22. The molecule has 0 saturated heterocycles. The third kappa shape index (κ3) is 1.91. The van der Waals surface area contributed by atoms with Crippen molar-refractivity contribution in [3.8, 4) is 11.5 Å². The van der Waals surface area contributed by atoms with E-state index in [9.17, 15) is 0 Å². The van der Waals surface area contributed by atoms with E-state index in [-0.39, 0.29) is 12.8 Å². The van der Waals surface area contributed by atoms with Crippen LogP contribution in [0.15, 0.2) is 12.1 Å². The number of hydrogen-bond acceptors (Lipinski definition) is 4. The summed E-state index contributed by atoms with van der Waals surface area (Å²) < 4.78 is 15.7. The largest absolute Gasteiger partial charge is 0.454 e. The quantitative estimate of drug-likeness (QED) is 0.821. The lowest BCUT2D eigenvalue weighted by Gasteiger charge is -2.13. The van der Waals surface area contributed by atoms with E-state index >= 15 is 0 Å². The Bertz CT molecular complexity index is 363. The SMILES string of the molecule is COCc1cc2c(cc1C(C)N)OCO2. The van der Waals surface area contributed by atoms with Crippen molar-refractivity contribution in [1.29, 1.82) is 0 Å². The van der Waals surface area contributed by atoms with Gasteiger partial charge in [-0.1, -0.05) is 0 Å². The van der Waals surface area contributed by atoms with Crippen LogP contribution in [0, 0.1) is 0 Å². The van der Waals surface area contributed by atoms with Gasteiger partial charge in [-0.2, -0.15) is 0 Å². The minimum atomic E-state index is -0.0374. The molecule has 1 aliphatic heterocycles. The molecule has 1 atom stereocenters. The van der Waals surface area contributed by atoms with Crippen LogP contribution in [0.25, 0.3) is 0 Å². The summed E-state index contributed by atoms with van der Waals surface area (Å²) in [6.07, 6.45) is 0. The van der Waals surface area contributed by atoms with Crippen LogP contribution in [-0.4, -0.2) is 13.9 Å². The maximum atomic E-state index is 5.89. The van der Waals surface area contributed by atoms with Gasteiger partial charge in [0.2, 0.25) is 6.79 Å². The normalized spacial score (nSPS) is 15.4. The zero-order chi connectivity index (χ0) is 10.8. The van der Waals surface area contributed by atoms with Crippen molar-refractivity contribution in [3.05, 3.63) is 23.3 Å². The smallest absolute Gasteiger partial charge is 0.231 e. The van der Waals surface area contributed by atoms with Gasteiger partial charge in [0.1, 0.15) is 0 Å². The van der Waals surface area contributed by atoms with Crippen LogP contribution < -0.4 is 15.2 Å². The summed E-state index contributed by atoms with van der Waals surface area (Å²) in [5.41, 5.74) is 7.98.